The van der Waals surface area contributed by atoms with E-state index < -0.39 is 8.80 Å². The zero-order valence-corrected chi connectivity index (χ0v) is 27.3. The van der Waals surface area contributed by atoms with E-state index in [1.807, 2.05) is 0 Å². The Morgan fingerprint density at radius 2 is 1.00 bits per heavy atom. The van der Waals surface area contributed by atoms with Gasteiger partial charge in [-0.25, -0.2) is 0 Å². The van der Waals surface area contributed by atoms with E-state index in [9.17, 15) is 0 Å². The Labute approximate surface area is 250 Å². The van der Waals surface area contributed by atoms with Gasteiger partial charge in [0, 0.05) is 0 Å². The van der Waals surface area contributed by atoms with Crippen LogP contribution in [0.4, 0.5) is 0 Å². The van der Waals surface area contributed by atoms with Crippen LogP contribution in [0.5, 0.6) is 0 Å². The number of benzene rings is 3. The molecule has 0 amide bonds. The van der Waals surface area contributed by atoms with Crippen LogP contribution in [0.1, 0.15) is 48.6 Å². The van der Waals surface area contributed by atoms with Crippen molar-refractivity contribution in [2.45, 2.75) is 58.2 Å². The summed E-state index contributed by atoms with van der Waals surface area (Å²) in [5, 5.41) is 3.28. The summed E-state index contributed by atoms with van der Waals surface area (Å²) in [4.78, 5) is 0. The van der Waals surface area contributed by atoms with E-state index in [0.717, 1.165) is 0 Å². The van der Waals surface area contributed by atoms with Gasteiger partial charge in [-0.3, -0.25) is 0 Å². The molecule has 0 bridgehead atoms. The van der Waals surface area contributed by atoms with Crippen LogP contribution in [-0.4, -0.2) is 8.80 Å². The summed E-state index contributed by atoms with van der Waals surface area (Å²) >= 11 is 2.52. The second-order valence-electron chi connectivity index (χ2n) is 9.89. The van der Waals surface area contributed by atoms with Crippen LogP contribution in [0, 0.1) is 27.7 Å². The average Bonchev–Trinajstić information content (AvgIpc) is 2.94. The summed E-state index contributed by atoms with van der Waals surface area (Å²) in [6.07, 6.45) is 0. The van der Waals surface area contributed by atoms with Crippen LogP contribution < -0.4 is 47.6 Å². The Morgan fingerprint density at radius 1 is 0.583 bits per heavy atom. The van der Waals surface area contributed by atoms with E-state index in [2.05, 4.69) is 136 Å². The molecule has 0 saturated heterocycles. The minimum absolute atomic E-state index is 0. The Bertz CT molecular complexity index is 1190. The van der Waals surface area contributed by atoms with Gasteiger partial charge in [-0.1, -0.05) is 0 Å². The van der Waals surface area contributed by atoms with Gasteiger partial charge in [-0.2, -0.15) is 0 Å². The molecule has 36 heavy (non-hydrogen) atoms. The molecule has 4 rings (SSSR count). The third-order valence-corrected chi connectivity index (χ3v) is 14.1. The van der Waals surface area contributed by atoms with Crippen LogP contribution >= 0.6 is 0 Å². The normalized spacial score (nSPS) is 17.1. The van der Waals surface area contributed by atoms with Gasteiger partial charge in [-0.15, -0.1) is 0 Å². The van der Waals surface area contributed by atoms with Gasteiger partial charge >= 0.3 is 215 Å². The third-order valence-electron chi connectivity index (χ3n) is 7.92. The fraction of sp³-hybridized carbons (Fsp3) is 0.290. The number of aryl methyl sites for hydroxylation is 4. The maximum Gasteiger partial charge on any atom is -1.00 e. The van der Waals surface area contributed by atoms with E-state index in [-0.39, 0.29) is 40.9 Å². The molecule has 0 radical (unpaired) electrons. The van der Waals surface area contributed by atoms with Gasteiger partial charge in [0.1, 0.15) is 0 Å². The fourth-order valence-corrected chi connectivity index (χ4v) is 12.2. The van der Waals surface area contributed by atoms with Crippen molar-refractivity contribution in [2.24, 2.45) is 0 Å². The third kappa shape index (κ3) is 5.83. The molecule has 0 aromatic heterocycles. The Kier molecular flexibility index (Phi) is 12.0. The van der Waals surface area contributed by atoms with Crippen molar-refractivity contribution in [1.29, 1.82) is 0 Å². The molecule has 0 N–H and O–H groups in total. The van der Waals surface area contributed by atoms with Gasteiger partial charge in [-0.05, 0) is 0 Å². The quantitative estimate of drug-likeness (QED) is 0.297. The number of halogens is 3. The van der Waals surface area contributed by atoms with Crippen LogP contribution in [0.25, 0.3) is 5.57 Å². The topological polar surface area (TPSA) is 0 Å². The first-order valence-corrected chi connectivity index (χ1v) is 14.7. The van der Waals surface area contributed by atoms with Crippen LogP contribution in [0.15, 0.2) is 83.4 Å². The van der Waals surface area contributed by atoms with Gasteiger partial charge in [0.05, 0.1) is 0 Å². The smallest absolute Gasteiger partial charge is 1.00 e. The molecule has 0 fully saturated rings. The number of hydrogen-bond donors (Lipinski definition) is 0. The molecule has 0 spiro atoms. The molecule has 0 heterocycles. The molecule has 3 aromatic carbocycles. The van der Waals surface area contributed by atoms with E-state index in [1.54, 1.807) is 15.9 Å². The van der Waals surface area contributed by atoms with Gasteiger partial charge in [0.2, 0.25) is 0 Å². The molecule has 0 saturated carbocycles. The Balaban J connectivity index is 0.00000216. The van der Waals surface area contributed by atoms with Crippen LogP contribution in [0.2, 0.25) is 9.76 Å². The van der Waals surface area contributed by atoms with Crippen molar-refractivity contribution in [3.8, 4) is 0 Å². The first-order valence-electron chi connectivity index (χ1n) is 12.0. The summed E-state index contributed by atoms with van der Waals surface area (Å²) in [6, 6.07) is 26.0. The molecule has 1 aliphatic rings. The number of rotatable bonds is 5. The number of allylic oxidation sites excluding steroid dienone is 4. The van der Waals surface area contributed by atoms with Crippen molar-refractivity contribution < 1.29 is 57.7 Å². The molecule has 0 nitrogen and oxygen atoms in total. The van der Waals surface area contributed by atoms with Crippen molar-refractivity contribution in [1.82, 2.24) is 0 Å². The summed E-state index contributed by atoms with van der Waals surface area (Å²) in [5.41, 5.74) is 13.2. The molecular weight excluding hydrogens is 555 g/mol. The molecule has 1 aliphatic carbocycles. The molecule has 5 heteroatoms. The first-order chi connectivity index (χ1) is 15.7. The maximum atomic E-state index is 2.52. The predicted molar refractivity (Wildman–Crippen MR) is 143 cm³/mol. The van der Waals surface area contributed by atoms with Crippen LogP contribution in [-0.2, 0) is 20.4 Å². The van der Waals surface area contributed by atoms with E-state index >= 15 is 0 Å². The molecule has 3 aromatic rings. The van der Waals surface area contributed by atoms with Crippen molar-refractivity contribution >= 4 is 24.7 Å². The standard InChI is InChI=1S/C31H35Si.3ClH.Ti/c1-20-13-11-14-21(2)30(20)32(31-22(3)15-12-16-23(31)4)19-28-25(6)24(5)26(7)29(28)27-17-9-8-10-18-27;;;;/h8-18,32H,19H2,1-7H3;3*1H;/q;;;;+3/p-3. The van der Waals surface area contributed by atoms with Gasteiger partial charge in [0.25, 0.3) is 0 Å². The summed E-state index contributed by atoms with van der Waals surface area (Å²) in [7, 11) is -1.55. The Hall–Kier alpha value is -1.06. The fourth-order valence-electron chi connectivity index (χ4n) is 6.03. The first kappa shape index (κ1) is 33.0. The minimum atomic E-state index is -1.55. The second kappa shape index (κ2) is 13.1. The van der Waals surface area contributed by atoms with E-state index in [0.29, 0.717) is 0 Å². The largest absolute Gasteiger partial charge is 1.00 e. The maximum absolute atomic E-state index is 2.52. The number of hydrogen-bond acceptors (Lipinski definition) is 0. The second-order valence-corrected chi connectivity index (χ2v) is 13.9. The van der Waals surface area contributed by atoms with Crippen molar-refractivity contribution in [3.05, 3.63) is 111 Å². The van der Waals surface area contributed by atoms with Gasteiger partial charge < -0.3 is 37.2 Å². The Morgan fingerprint density at radius 3 is 1.42 bits per heavy atom. The van der Waals surface area contributed by atoms with Crippen LogP contribution in [0.3, 0.4) is 0 Å². The summed E-state index contributed by atoms with van der Waals surface area (Å²) < 4.78 is 0.0376. The summed E-state index contributed by atoms with van der Waals surface area (Å²) in [6.45, 7) is 16.3. The zero-order chi connectivity index (χ0) is 23.9. The average molecular weight is 590 g/mol. The van der Waals surface area contributed by atoms with Gasteiger partial charge in [0.15, 0.2) is 0 Å². The molecule has 1 unspecified atom stereocenters. The molecular formula is C31H35Cl3SiTi. The monoisotopic (exact) mass is 588 g/mol. The summed E-state index contributed by atoms with van der Waals surface area (Å²) in [5.74, 6) is 0. The molecule has 0 aliphatic heterocycles. The molecule has 1 atom stereocenters. The van der Waals surface area contributed by atoms with Crippen molar-refractivity contribution in [3.63, 3.8) is 0 Å². The van der Waals surface area contributed by atoms with Crippen molar-refractivity contribution in [2.75, 3.05) is 0 Å². The molecule has 188 valence electrons. The SMILES string of the molecule is CC1=C(C)[C]([Ti+3])(C[SiH](c2c(C)cccc2C)c2c(C)cccc2C)C(c2ccccc2)=C1C.[Cl-].[Cl-].[Cl-]. The minimum Gasteiger partial charge on any atom is -1.00 e. The van der Waals surface area contributed by atoms with E-state index in [4.69, 9.17) is 0 Å². The zero-order valence-electron chi connectivity index (χ0n) is 22.3. The van der Waals surface area contributed by atoms with E-state index in [1.165, 1.54) is 50.6 Å². The predicted octanol–water partition coefficient (Wildman–Crippen LogP) is -2.20.